The minimum absolute atomic E-state index is 0.00531. The minimum Gasteiger partial charge on any atom is -0.352 e. The fourth-order valence-electron chi connectivity index (χ4n) is 6.31. The van der Waals surface area contributed by atoms with Crippen molar-refractivity contribution in [1.29, 1.82) is 0 Å². The van der Waals surface area contributed by atoms with Crippen molar-refractivity contribution in [3.8, 4) is 0 Å². The lowest BCUT2D eigenvalue weighted by molar-refractivity contribution is -0.195. The van der Waals surface area contributed by atoms with Crippen LogP contribution in [0, 0.1) is 11.8 Å². The van der Waals surface area contributed by atoms with Crippen LogP contribution in [0.5, 0.6) is 0 Å². The van der Waals surface area contributed by atoms with Crippen molar-refractivity contribution in [2.24, 2.45) is 11.8 Å². The van der Waals surface area contributed by atoms with Crippen molar-refractivity contribution >= 4 is 5.91 Å². The second-order valence-electron chi connectivity index (χ2n) is 10.3. The average Bonchev–Trinajstić information content (AvgIpc) is 3.18. The van der Waals surface area contributed by atoms with Gasteiger partial charge >= 0.3 is 6.18 Å². The summed E-state index contributed by atoms with van der Waals surface area (Å²) in [6.07, 6.45) is 0.172. The number of carbonyl (C=O) groups excluding carboxylic acids is 1. The van der Waals surface area contributed by atoms with E-state index in [2.05, 4.69) is 17.6 Å². The Morgan fingerprint density at radius 3 is 2.58 bits per heavy atom. The normalized spacial score (nSPS) is 42.9. The SMILES string of the molecule is CC1CCC(F)C2CC(C(=O)NC3CCCC(N4CCN(C)C(C(F)(F)F)C4)C3)NC12. The van der Waals surface area contributed by atoms with Gasteiger partial charge in [-0.2, -0.15) is 13.2 Å². The largest absolute Gasteiger partial charge is 0.405 e. The molecule has 2 N–H and O–H groups in total. The lowest BCUT2D eigenvalue weighted by Crippen LogP contribution is -2.60. The number of carbonyl (C=O) groups is 1. The number of nitrogens with one attached hydrogen (secondary N) is 2. The molecule has 4 aliphatic rings. The van der Waals surface area contributed by atoms with Crippen LogP contribution in [-0.2, 0) is 4.79 Å². The van der Waals surface area contributed by atoms with Gasteiger partial charge in [0.15, 0.2) is 0 Å². The molecule has 2 aliphatic carbocycles. The van der Waals surface area contributed by atoms with Crippen LogP contribution in [0.4, 0.5) is 17.6 Å². The van der Waals surface area contributed by atoms with Crippen molar-refractivity contribution in [2.75, 3.05) is 26.7 Å². The molecule has 0 bridgehead atoms. The molecule has 178 valence electrons. The molecule has 0 spiro atoms. The minimum atomic E-state index is -4.23. The zero-order chi connectivity index (χ0) is 22.3. The Morgan fingerprint density at radius 2 is 1.87 bits per heavy atom. The first-order valence-electron chi connectivity index (χ1n) is 11.8. The number of hydrogen-bond acceptors (Lipinski definition) is 4. The van der Waals surface area contributed by atoms with E-state index in [1.165, 1.54) is 11.9 Å². The van der Waals surface area contributed by atoms with E-state index in [9.17, 15) is 22.4 Å². The van der Waals surface area contributed by atoms with Crippen LogP contribution in [0.15, 0.2) is 0 Å². The summed E-state index contributed by atoms with van der Waals surface area (Å²) in [5, 5.41) is 6.51. The maximum absolute atomic E-state index is 14.3. The van der Waals surface area contributed by atoms with E-state index >= 15 is 0 Å². The average molecular weight is 449 g/mol. The lowest BCUT2D eigenvalue weighted by atomic mass is 9.77. The quantitative estimate of drug-likeness (QED) is 0.652. The zero-order valence-electron chi connectivity index (χ0n) is 18.5. The molecule has 8 atom stereocenters. The molecule has 1 amide bonds. The number of rotatable bonds is 3. The fourth-order valence-corrected chi connectivity index (χ4v) is 6.31. The number of nitrogens with zero attached hydrogens (tertiary/aromatic N) is 2. The van der Waals surface area contributed by atoms with Crippen molar-refractivity contribution in [3.63, 3.8) is 0 Å². The maximum atomic E-state index is 14.3. The second-order valence-corrected chi connectivity index (χ2v) is 10.3. The number of amides is 1. The number of piperazine rings is 1. The number of fused-ring (bicyclic) bond motifs is 1. The van der Waals surface area contributed by atoms with Crippen molar-refractivity contribution in [2.45, 2.75) is 94.4 Å². The van der Waals surface area contributed by atoms with Crippen LogP contribution >= 0.6 is 0 Å². The van der Waals surface area contributed by atoms with Crippen molar-refractivity contribution in [3.05, 3.63) is 0 Å². The Morgan fingerprint density at radius 1 is 1.10 bits per heavy atom. The Hall–Kier alpha value is -0.930. The molecule has 0 aromatic heterocycles. The highest BCUT2D eigenvalue weighted by molar-refractivity contribution is 5.82. The highest BCUT2D eigenvalue weighted by atomic mass is 19.4. The number of alkyl halides is 4. The molecule has 9 heteroatoms. The van der Waals surface area contributed by atoms with Gasteiger partial charge in [-0.1, -0.05) is 6.92 Å². The summed E-state index contributed by atoms with van der Waals surface area (Å²) in [4.78, 5) is 16.3. The Labute approximate surface area is 182 Å². The first-order chi connectivity index (χ1) is 14.6. The molecule has 0 aromatic carbocycles. The maximum Gasteiger partial charge on any atom is 0.405 e. The fraction of sp³-hybridized carbons (Fsp3) is 0.955. The first kappa shape index (κ1) is 23.2. The summed E-state index contributed by atoms with van der Waals surface area (Å²) in [5.74, 6) is 0.196. The lowest BCUT2D eigenvalue weighted by Gasteiger charge is -2.45. The van der Waals surface area contributed by atoms with E-state index in [-0.39, 0.29) is 42.5 Å². The summed E-state index contributed by atoms with van der Waals surface area (Å²) >= 11 is 0. The van der Waals surface area contributed by atoms with Crippen LogP contribution in [0.25, 0.3) is 0 Å². The molecule has 0 radical (unpaired) electrons. The van der Waals surface area contributed by atoms with Crippen LogP contribution < -0.4 is 10.6 Å². The molecule has 4 rings (SSSR count). The van der Waals surface area contributed by atoms with Gasteiger partial charge in [-0.05, 0) is 57.9 Å². The number of likely N-dealkylation sites (N-methyl/N-ethyl adjacent to an activating group) is 1. The molecule has 2 saturated heterocycles. The van der Waals surface area contributed by atoms with Crippen LogP contribution in [-0.4, -0.2) is 84.9 Å². The molecular formula is C22H36F4N4O. The molecule has 31 heavy (non-hydrogen) atoms. The van der Waals surface area contributed by atoms with Crippen LogP contribution in [0.1, 0.15) is 51.9 Å². The molecule has 2 heterocycles. The Bertz CT molecular complexity index is 629. The van der Waals surface area contributed by atoms with Gasteiger partial charge in [-0.3, -0.25) is 14.6 Å². The topological polar surface area (TPSA) is 47.6 Å². The van der Waals surface area contributed by atoms with Gasteiger partial charge in [0, 0.05) is 43.7 Å². The molecule has 0 aromatic rings. The van der Waals surface area contributed by atoms with Crippen molar-refractivity contribution in [1.82, 2.24) is 20.4 Å². The van der Waals surface area contributed by atoms with Gasteiger partial charge in [-0.15, -0.1) is 0 Å². The summed E-state index contributed by atoms with van der Waals surface area (Å²) in [5.41, 5.74) is 0. The van der Waals surface area contributed by atoms with Crippen LogP contribution in [0.2, 0.25) is 0 Å². The third kappa shape index (κ3) is 5.03. The third-order valence-electron chi connectivity index (χ3n) is 8.22. The predicted molar refractivity (Wildman–Crippen MR) is 110 cm³/mol. The molecule has 2 saturated carbocycles. The molecule has 8 unspecified atom stereocenters. The summed E-state index contributed by atoms with van der Waals surface area (Å²) < 4.78 is 54.5. The number of halogens is 4. The molecule has 5 nitrogen and oxygen atoms in total. The van der Waals surface area contributed by atoms with E-state index in [0.717, 1.165) is 25.7 Å². The zero-order valence-corrected chi connectivity index (χ0v) is 18.5. The van der Waals surface area contributed by atoms with E-state index in [1.807, 2.05) is 4.90 Å². The Kier molecular flexibility index (Phi) is 6.85. The Balaban J connectivity index is 1.31. The van der Waals surface area contributed by atoms with E-state index < -0.39 is 18.4 Å². The number of hydrogen-bond donors (Lipinski definition) is 2. The first-order valence-corrected chi connectivity index (χ1v) is 11.8. The van der Waals surface area contributed by atoms with Gasteiger partial charge in [0.1, 0.15) is 12.2 Å². The monoisotopic (exact) mass is 448 g/mol. The third-order valence-corrected chi connectivity index (χ3v) is 8.22. The standard InChI is InChI=1S/C22H36F4N4O/c1-13-6-7-17(23)16-11-18(28-20(13)16)21(31)27-14-4-3-5-15(10-14)30-9-8-29(2)19(12-30)22(24,25)26/h13-20,28H,3-12H2,1-2H3,(H,27,31). The molecular weight excluding hydrogens is 412 g/mol. The highest BCUT2D eigenvalue weighted by Gasteiger charge is 2.48. The van der Waals surface area contributed by atoms with Gasteiger partial charge < -0.3 is 10.6 Å². The van der Waals surface area contributed by atoms with Gasteiger partial charge in [0.2, 0.25) is 5.91 Å². The van der Waals surface area contributed by atoms with Crippen LogP contribution in [0.3, 0.4) is 0 Å². The molecule has 2 aliphatic heterocycles. The predicted octanol–water partition coefficient (Wildman–Crippen LogP) is 2.71. The van der Waals surface area contributed by atoms with Gasteiger partial charge in [0.05, 0.1) is 6.04 Å². The van der Waals surface area contributed by atoms with Gasteiger partial charge in [-0.25, -0.2) is 4.39 Å². The summed E-state index contributed by atoms with van der Waals surface area (Å²) in [6, 6.07) is -1.71. The van der Waals surface area contributed by atoms with Gasteiger partial charge in [0.25, 0.3) is 0 Å². The van der Waals surface area contributed by atoms with Crippen molar-refractivity contribution < 1.29 is 22.4 Å². The van der Waals surface area contributed by atoms with E-state index in [1.54, 1.807) is 0 Å². The molecule has 4 fully saturated rings. The van der Waals surface area contributed by atoms with E-state index in [4.69, 9.17) is 0 Å². The smallest absolute Gasteiger partial charge is 0.352 e. The highest BCUT2D eigenvalue weighted by Crippen LogP contribution is 2.39. The second kappa shape index (κ2) is 9.14. The summed E-state index contributed by atoms with van der Waals surface area (Å²) in [7, 11) is 1.54. The summed E-state index contributed by atoms with van der Waals surface area (Å²) in [6.45, 7) is 3.13. The van der Waals surface area contributed by atoms with E-state index in [0.29, 0.717) is 38.3 Å².